The van der Waals surface area contributed by atoms with Crippen molar-refractivity contribution in [1.82, 2.24) is 14.3 Å². The van der Waals surface area contributed by atoms with E-state index in [4.69, 9.17) is 9.47 Å². The van der Waals surface area contributed by atoms with Crippen LogP contribution in [0.15, 0.2) is 47.5 Å². The lowest BCUT2D eigenvalue weighted by Crippen LogP contribution is -2.66. The van der Waals surface area contributed by atoms with Crippen LogP contribution >= 0.6 is 11.3 Å². The molecule has 0 saturated carbocycles. The number of hydrogen-bond donors (Lipinski definition) is 2. The maximum absolute atomic E-state index is 13.1. The van der Waals surface area contributed by atoms with Gasteiger partial charge in [0, 0.05) is 23.4 Å². The van der Waals surface area contributed by atoms with Crippen LogP contribution in [0.5, 0.6) is 5.75 Å². The molecule has 2 aliphatic rings. The number of aromatic nitrogens is 2. The van der Waals surface area contributed by atoms with Crippen molar-refractivity contribution < 1.29 is 42.5 Å². The molecule has 3 aromatic rings. The van der Waals surface area contributed by atoms with Crippen molar-refractivity contribution in [3.8, 4) is 5.75 Å². The lowest BCUT2D eigenvalue weighted by Gasteiger charge is -2.50. The Kier molecular flexibility index (Phi) is 6.75. The highest BCUT2D eigenvalue weighted by molar-refractivity contribution is 7.91. The summed E-state index contributed by atoms with van der Waals surface area (Å²) in [4.78, 5) is 43.9. The lowest BCUT2D eigenvalue weighted by molar-refractivity contribution is -0.167. The second-order valence-corrected chi connectivity index (χ2v) is 13.2. The molecule has 1 fully saturated rings. The highest BCUT2D eigenvalue weighted by atomic mass is 32.2. The van der Waals surface area contributed by atoms with Gasteiger partial charge in [0.25, 0.3) is 0 Å². The third-order valence-electron chi connectivity index (χ3n) is 7.37. The number of carboxylic acids is 1. The Hall–Kier alpha value is -3.75. The molecule has 12 nitrogen and oxygen atoms in total. The Morgan fingerprint density at radius 2 is 2.02 bits per heavy atom. The molecule has 1 amide bonds. The average Bonchev–Trinajstić information content (AvgIpc) is 3.47. The minimum atomic E-state index is -3.67. The molecule has 0 radical (unpaired) electrons. The fourth-order valence-electron chi connectivity index (χ4n) is 5.63. The van der Waals surface area contributed by atoms with E-state index >= 15 is 0 Å². The van der Waals surface area contributed by atoms with E-state index in [1.54, 1.807) is 31.3 Å². The minimum absolute atomic E-state index is 0.0870. The number of nitrogens with zero attached hydrogens (tertiary/aromatic N) is 3. The molecule has 2 N–H and O–H groups in total. The molecule has 1 unspecified atom stereocenters. The summed E-state index contributed by atoms with van der Waals surface area (Å²) in [6, 6.07) is 6.12. The topological polar surface area (TPSA) is 165 Å². The first-order valence-corrected chi connectivity index (χ1v) is 15.0. The van der Waals surface area contributed by atoms with Crippen LogP contribution in [0.3, 0.4) is 0 Å². The zero-order chi connectivity index (χ0) is 29.1. The monoisotopic (exact) mass is 589 g/mol. The Balaban J connectivity index is 1.52. The average molecular weight is 590 g/mol. The summed E-state index contributed by atoms with van der Waals surface area (Å²) in [5.41, 5.74) is -0.171. The molecule has 40 heavy (non-hydrogen) atoms. The number of carboxylic acid groups (broad SMARTS) is 1. The molecule has 0 aliphatic carbocycles. The number of amides is 1. The second-order valence-electron chi connectivity index (χ2n) is 10.3. The van der Waals surface area contributed by atoms with Crippen molar-refractivity contribution in [2.24, 2.45) is 11.3 Å². The molecule has 0 spiro atoms. The van der Waals surface area contributed by atoms with Gasteiger partial charge < -0.3 is 24.6 Å². The zero-order valence-electron chi connectivity index (χ0n) is 22.0. The van der Waals surface area contributed by atoms with E-state index < -0.39 is 51.3 Å². The SMILES string of the molecule is Cc1cccc(OC(=O)OCCC2(C)C(c3cn4cnc(S(C)(=O)=O)c4s3)=C(C(=O)O)N3C(=O)[C@H]([C@@H](C)O)[C@@H]32)c1. The van der Waals surface area contributed by atoms with Gasteiger partial charge in [-0.25, -0.2) is 23.0 Å². The number of carbonyl (C=O) groups is 3. The van der Waals surface area contributed by atoms with E-state index in [1.165, 1.54) is 22.6 Å². The third-order valence-corrected chi connectivity index (χ3v) is 9.63. The van der Waals surface area contributed by atoms with Gasteiger partial charge in [-0.3, -0.25) is 9.20 Å². The summed E-state index contributed by atoms with van der Waals surface area (Å²) in [5.74, 6) is -2.45. The van der Waals surface area contributed by atoms with Crippen molar-refractivity contribution in [2.75, 3.05) is 12.9 Å². The highest BCUT2D eigenvalue weighted by Gasteiger charge is 2.66. The van der Waals surface area contributed by atoms with E-state index in [9.17, 15) is 33.0 Å². The van der Waals surface area contributed by atoms with Gasteiger partial charge in [0.1, 0.15) is 22.6 Å². The van der Waals surface area contributed by atoms with E-state index in [1.807, 2.05) is 13.0 Å². The predicted molar refractivity (Wildman–Crippen MR) is 142 cm³/mol. The standard InChI is InChI=1S/C26H27N3O9S2/c1-13-6-5-7-15(10-13)38-25(34)37-9-8-26(3)18(16-11-28-12-27-21(23(28)39-16)40(4,35)36)19(24(32)33)29-20(26)17(14(2)30)22(29)31/h5-7,10-12,14,17,20,30H,8-9H2,1-4H3,(H,32,33)/t14-,17-,20-,26?/m1/s1. The van der Waals surface area contributed by atoms with Gasteiger partial charge >= 0.3 is 12.1 Å². The number of imidazole rings is 1. The van der Waals surface area contributed by atoms with Crippen LogP contribution in [0.4, 0.5) is 4.79 Å². The summed E-state index contributed by atoms with van der Waals surface area (Å²) < 4.78 is 36.6. The zero-order valence-corrected chi connectivity index (χ0v) is 23.7. The van der Waals surface area contributed by atoms with Gasteiger partial charge in [0.05, 0.1) is 29.5 Å². The quantitative estimate of drug-likeness (QED) is 0.227. The van der Waals surface area contributed by atoms with Crippen LogP contribution in [0.25, 0.3) is 10.4 Å². The summed E-state index contributed by atoms with van der Waals surface area (Å²) in [7, 11) is -3.67. The fraction of sp³-hybridized carbons (Fsp3) is 0.385. The second kappa shape index (κ2) is 9.71. The van der Waals surface area contributed by atoms with Crippen LogP contribution in [-0.4, -0.2) is 76.0 Å². The molecule has 5 rings (SSSR count). The van der Waals surface area contributed by atoms with E-state index in [-0.39, 0.29) is 29.3 Å². The maximum atomic E-state index is 13.1. The number of sulfone groups is 1. The van der Waals surface area contributed by atoms with Gasteiger partial charge in [-0.1, -0.05) is 19.1 Å². The van der Waals surface area contributed by atoms with Crippen LogP contribution in [0, 0.1) is 18.3 Å². The van der Waals surface area contributed by atoms with Gasteiger partial charge in [-0.05, 0) is 38.0 Å². The van der Waals surface area contributed by atoms with Crippen LogP contribution in [0.1, 0.15) is 30.7 Å². The number of aliphatic hydroxyl groups is 1. The Morgan fingerprint density at radius 1 is 1.30 bits per heavy atom. The van der Waals surface area contributed by atoms with Crippen LogP contribution in [0.2, 0.25) is 0 Å². The number of benzene rings is 1. The Labute approximate surface area is 233 Å². The maximum Gasteiger partial charge on any atom is 0.513 e. The predicted octanol–water partition coefficient (Wildman–Crippen LogP) is 2.74. The van der Waals surface area contributed by atoms with Crippen molar-refractivity contribution >= 4 is 49.6 Å². The number of aryl methyl sites for hydroxylation is 1. The molecular formula is C26H27N3O9S2. The third kappa shape index (κ3) is 4.45. The molecule has 212 valence electrons. The van der Waals surface area contributed by atoms with E-state index in [0.717, 1.165) is 23.2 Å². The van der Waals surface area contributed by atoms with Crippen molar-refractivity contribution in [3.05, 3.63) is 52.9 Å². The Morgan fingerprint density at radius 3 is 2.65 bits per heavy atom. The van der Waals surface area contributed by atoms with Crippen molar-refractivity contribution in [2.45, 2.75) is 44.4 Å². The van der Waals surface area contributed by atoms with Gasteiger partial charge in [-0.2, -0.15) is 0 Å². The molecule has 0 bridgehead atoms. The van der Waals surface area contributed by atoms with Gasteiger partial charge in [-0.15, -0.1) is 11.3 Å². The summed E-state index contributed by atoms with van der Waals surface area (Å²) in [5, 5.41) is 20.5. The number of β-lactam (4-membered cyclic amide) rings is 1. The minimum Gasteiger partial charge on any atom is -0.477 e. The first-order valence-electron chi connectivity index (χ1n) is 12.3. The number of hydrogen-bond acceptors (Lipinski definition) is 10. The largest absolute Gasteiger partial charge is 0.513 e. The number of carbonyl (C=O) groups excluding carboxylic acids is 2. The van der Waals surface area contributed by atoms with E-state index in [0.29, 0.717) is 15.5 Å². The number of aliphatic hydroxyl groups excluding tert-OH is 1. The van der Waals surface area contributed by atoms with Crippen molar-refractivity contribution in [3.63, 3.8) is 0 Å². The van der Waals surface area contributed by atoms with Gasteiger partial charge in [0.15, 0.2) is 14.9 Å². The van der Waals surface area contributed by atoms with Crippen molar-refractivity contribution in [1.29, 1.82) is 0 Å². The molecule has 4 atom stereocenters. The molecule has 4 heterocycles. The summed E-state index contributed by atoms with van der Waals surface area (Å²) in [6.45, 7) is 4.88. The van der Waals surface area contributed by atoms with Crippen LogP contribution in [-0.2, 0) is 24.2 Å². The molecule has 1 aromatic carbocycles. The molecule has 1 saturated heterocycles. The fourth-order valence-corrected chi connectivity index (χ4v) is 8.02. The summed E-state index contributed by atoms with van der Waals surface area (Å²) >= 11 is 1.03. The number of thiazole rings is 1. The highest BCUT2D eigenvalue weighted by Crippen LogP contribution is 2.60. The summed E-state index contributed by atoms with van der Waals surface area (Å²) in [6.07, 6.45) is 2.00. The van der Waals surface area contributed by atoms with Gasteiger partial charge in [0.2, 0.25) is 5.91 Å². The van der Waals surface area contributed by atoms with Crippen LogP contribution < -0.4 is 4.74 Å². The lowest BCUT2D eigenvalue weighted by atomic mass is 9.66. The first kappa shape index (κ1) is 27.8. The number of aliphatic carboxylic acids is 1. The Bertz CT molecular complexity index is 1690. The smallest absolute Gasteiger partial charge is 0.477 e. The normalized spacial score (nSPS) is 23.2. The first-order chi connectivity index (χ1) is 18.7. The number of fused-ring (bicyclic) bond motifs is 2. The molecular weight excluding hydrogens is 562 g/mol. The molecule has 2 aliphatic heterocycles. The number of ether oxygens (including phenoxy) is 2. The van der Waals surface area contributed by atoms with E-state index in [2.05, 4.69) is 4.98 Å². The molecule has 2 aromatic heterocycles. The number of rotatable bonds is 8. The molecule has 14 heteroatoms.